The number of hydrogen-bond acceptors (Lipinski definition) is 5. The van der Waals surface area contributed by atoms with Crippen LogP contribution in [-0.4, -0.2) is 71.9 Å². The number of nitrogens with zero attached hydrogens (tertiary/aromatic N) is 4. The lowest BCUT2D eigenvalue weighted by Gasteiger charge is -2.35. The molecule has 1 amide bonds. The molecule has 1 aliphatic heterocycles. The summed E-state index contributed by atoms with van der Waals surface area (Å²) in [6.45, 7) is 8.21. The number of carbonyl (C=O) groups is 1. The van der Waals surface area contributed by atoms with Gasteiger partial charge >= 0.3 is 0 Å². The standard InChI is InChI=1S/C24H32N4O2/c1-17-5-10-22(18(2)25-17)30-23-15-19(6-7-20(23)16-26(3)4)24(29)28-13-11-27(12-14-28)21-8-9-21/h5-7,10,15,21H,8-9,11-14,16H2,1-4H3. The van der Waals surface area contributed by atoms with Gasteiger partial charge in [-0.1, -0.05) is 6.07 Å². The van der Waals surface area contributed by atoms with E-state index in [0.717, 1.165) is 67.2 Å². The van der Waals surface area contributed by atoms with Gasteiger partial charge in [0.2, 0.25) is 0 Å². The number of ether oxygens (including phenoxy) is 1. The monoisotopic (exact) mass is 408 g/mol. The number of aromatic nitrogens is 1. The van der Waals surface area contributed by atoms with E-state index < -0.39 is 0 Å². The van der Waals surface area contributed by atoms with Crippen molar-refractivity contribution >= 4 is 5.91 Å². The molecule has 2 fully saturated rings. The summed E-state index contributed by atoms with van der Waals surface area (Å²) in [6, 6.07) is 10.5. The third-order valence-electron chi connectivity index (χ3n) is 5.86. The highest BCUT2D eigenvalue weighted by atomic mass is 16.5. The molecule has 160 valence electrons. The van der Waals surface area contributed by atoms with Crippen molar-refractivity contribution in [2.45, 2.75) is 39.3 Å². The fraction of sp³-hybridized carbons (Fsp3) is 0.500. The number of pyridine rings is 1. The molecule has 1 aliphatic carbocycles. The van der Waals surface area contributed by atoms with E-state index in [1.165, 1.54) is 12.8 Å². The Kier molecular flexibility index (Phi) is 6.06. The molecule has 0 spiro atoms. The Morgan fingerprint density at radius 3 is 2.43 bits per heavy atom. The lowest BCUT2D eigenvalue weighted by molar-refractivity contribution is 0.0627. The number of benzene rings is 1. The Labute approximate surface area is 179 Å². The minimum absolute atomic E-state index is 0.0884. The van der Waals surface area contributed by atoms with Gasteiger partial charge < -0.3 is 14.5 Å². The van der Waals surface area contributed by atoms with Crippen molar-refractivity contribution in [3.8, 4) is 11.5 Å². The summed E-state index contributed by atoms with van der Waals surface area (Å²) in [6.07, 6.45) is 2.63. The Morgan fingerprint density at radius 2 is 1.80 bits per heavy atom. The maximum atomic E-state index is 13.2. The van der Waals surface area contributed by atoms with Crippen molar-refractivity contribution in [3.05, 3.63) is 52.8 Å². The molecule has 0 N–H and O–H groups in total. The molecule has 2 heterocycles. The predicted molar refractivity (Wildman–Crippen MR) is 118 cm³/mol. The van der Waals surface area contributed by atoms with Crippen LogP contribution >= 0.6 is 0 Å². The molecule has 1 aromatic carbocycles. The van der Waals surface area contributed by atoms with Crippen molar-refractivity contribution in [1.29, 1.82) is 0 Å². The van der Waals surface area contributed by atoms with Crippen LogP contribution < -0.4 is 4.74 Å². The van der Waals surface area contributed by atoms with Crippen LogP contribution in [0.3, 0.4) is 0 Å². The first-order chi connectivity index (χ1) is 14.4. The van der Waals surface area contributed by atoms with E-state index in [-0.39, 0.29) is 5.91 Å². The lowest BCUT2D eigenvalue weighted by Crippen LogP contribution is -2.49. The Balaban J connectivity index is 1.55. The molecule has 0 radical (unpaired) electrons. The van der Waals surface area contributed by atoms with E-state index in [9.17, 15) is 4.79 Å². The van der Waals surface area contributed by atoms with E-state index in [1.807, 2.05) is 63.2 Å². The molecule has 2 aliphatic rings. The Hall–Kier alpha value is -2.44. The van der Waals surface area contributed by atoms with Crippen LogP contribution in [0.15, 0.2) is 30.3 Å². The lowest BCUT2D eigenvalue weighted by atomic mass is 10.1. The summed E-state index contributed by atoms with van der Waals surface area (Å²) in [5.74, 6) is 1.54. The molecule has 1 saturated carbocycles. The van der Waals surface area contributed by atoms with Crippen LogP contribution in [-0.2, 0) is 6.54 Å². The number of carbonyl (C=O) groups excluding carboxylic acids is 1. The van der Waals surface area contributed by atoms with Crippen molar-refractivity contribution in [2.75, 3.05) is 40.3 Å². The van der Waals surface area contributed by atoms with E-state index in [4.69, 9.17) is 4.74 Å². The first-order valence-corrected chi connectivity index (χ1v) is 10.8. The maximum Gasteiger partial charge on any atom is 0.254 e. The maximum absolute atomic E-state index is 13.2. The van der Waals surface area contributed by atoms with Gasteiger partial charge in [0.15, 0.2) is 0 Å². The number of hydrogen-bond donors (Lipinski definition) is 0. The van der Waals surface area contributed by atoms with Crippen LogP contribution in [0.4, 0.5) is 0 Å². The van der Waals surface area contributed by atoms with Crippen LogP contribution in [0.5, 0.6) is 11.5 Å². The first kappa shape index (κ1) is 20.8. The van der Waals surface area contributed by atoms with Gasteiger partial charge in [-0.3, -0.25) is 14.7 Å². The molecule has 0 unspecified atom stereocenters. The minimum atomic E-state index is 0.0884. The van der Waals surface area contributed by atoms with Crippen molar-refractivity contribution in [3.63, 3.8) is 0 Å². The third kappa shape index (κ3) is 4.82. The quantitative estimate of drug-likeness (QED) is 0.733. The molecule has 1 saturated heterocycles. The minimum Gasteiger partial charge on any atom is -0.455 e. The molecule has 4 rings (SSSR count). The zero-order valence-corrected chi connectivity index (χ0v) is 18.5. The van der Waals surface area contributed by atoms with Crippen LogP contribution in [0.25, 0.3) is 0 Å². The average molecular weight is 409 g/mol. The van der Waals surface area contributed by atoms with Gasteiger partial charge in [-0.2, -0.15) is 0 Å². The van der Waals surface area contributed by atoms with Crippen LogP contribution in [0.2, 0.25) is 0 Å². The van der Waals surface area contributed by atoms with E-state index in [0.29, 0.717) is 5.56 Å². The van der Waals surface area contributed by atoms with Crippen molar-refractivity contribution < 1.29 is 9.53 Å². The summed E-state index contributed by atoms with van der Waals surface area (Å²) >= 11 is 0. The second-order valence-corrected chi connectivity index (χ2v) is 8.76. The van der Waals surface area contributed by atoms with Gasteiger partial charge in [-0.15, -0.1) is 0 Å². The molecule has 30 heavy (non-hydrogen) atoms. The number of rotatable bonds is 6. The largest absolute Gasteiger partial charge is 0.455 e. The smallest absolute Gasteiger partial charge is 0.254 e. The SMILES string of the molecule is Cc1ccc(Oc2cc(C(=O)N3CCN(C4CC4)CC3)ccc2CN(C)C)c(C)n1. The second kappa shape index (κ2) is 8.74. The number of amides is 1. The normalized spacial score (nSPS) is 17.4. The molecule has 6 heteroatoms. The Morgan fingerprint density at radius 1 is 1.07 bits per heavy atom. The highest BCUT2D eigenvalue weighted by Crippen LogP contribution is 2.31. The highest BCUT2D eigenvalue weighted by Gasteiger charge is 2.32. The van der Waals surface area contributed by atoms with Gasteiger partial charge in [-0.05, 0) is 65.0 Å². The molecule has 0 bridgehead atoms. The third-order valence-corrected chi connectivity index (χ3v) is 5.86. The summed E-state index contributed by atoms with van der Waals surface area (Å²) in [5, 5.41) is 0. The topological polar surface area (TPSA) is 48.9 Å². The summed E-state index contributed by atoms with van der Waals surface area (Å²) in [5.41, 5.74) is 3.54. The molecular weight excluding hydrogens is 376 g/mol. The summed E-state index contributed by atoms with van der Waals surface area (Å²) in [7, 11) is 4.06. The van der Waals surface area contributed by atoms with E-state index in [1.54, 1.807) is 0 Å². The fourth-order valence-corrected chi connectivity index (χ4v) is 4.07. The predicted octanol–water partition coefficient (Wildman–Crippen LogP) is 3.47. The van der Waals surface area contributed by atoms with E-state index in [2.05, 4.69) is 14.8 Å². The van der Waals surface area contributed by atoms with Crippen molar-refractivity contribution in [1.82, 2.24) is 19.7 Å². The van der Waals surface area contributed by atoms with E-state index >= 15 is 0 Å². The Bertz CT molecular complexity index is 915. The van der Waals surface area contributed by atoms with Gasteiger partial charge in [0.25, 0.3) is 5.91 Å². The fourth-order valence-electron chi connectivity index (χ4n) is 4.07. The zero-order valence-electron chi connectivity index (χ0n) is 18.5. The van der Waals surface area contributed by atoms with Crippen LogP contribution in [0.1, 0.15) is 40.2 Å². The van der Waals surface area contributed by atoms with Crippen LogP contribution in [0, 0.1) is 13.8 Å². The molecule has 2 aromatic rings. The van der Waals surface area contributed by atoms with Gasteiger partial charge in [0.05, 0.1) is 5.69 Å². The first-order valence-electron chi connectivity index (χ1n) is 10.8. The summed E-state index contributed by atoms with van der Waals surface area (Å²) < 4.78 is 6.26. The highest BCUT2D eigenvalue weighted by molar-refractivity contribution is 5.94. The van der Waals surface area contributed by atoms with Gasteiger partial charge in [0, 0.05) is 55.6 Å². The zero-order chi connectivity index (χ0) is 21.3. The average Bonchev–Trinajstić information content (AvgIpc) is 3.56. The summed E-state index contributed by atoms with van der Waals surface area (Å²) in [4.78, 5) is 24.3. The van der Waals surface area contributed by atoms with Gasteiger partial charge in [0.1, 0.15) is 11.5 Å². The van der Waals surface area contributed by atoms with Gasteiger partial charge in [-0.25, -0.2) is 0 Å². The molecule has 0 atom stereocenters. The second-order valence-electron chi connectivity index (χ2n) is 8.76. The number of piperazine rings is 1. The molecular formula is C24H32N4O2. The van der Waals surface area contributed by atoms with Crippen molar-refractivity contribution in [2.24, 2.45) is 0 Å². The molecule has 1 aromatic heterocycles. The number of aryl methyl sites for hydroxylation is 2. The molecule has 6 nitrogen and oxygen atoms in total.